The number of sulfonamides is 1. The number of nitrogens with zero attached hydrogens (tertiary/aromatic N) is 1. The number of carbonyl (C=O) groups is 1. The zero-order valence-corrected chi connectivity index (χ0v) is 17.2. The number of esters is 1. The summed E-state index contributed by atoms with van der Waals surface area (Å²) in [5.74, 6) is -0.576. The molecule has 0 saturated heterocycles. The molecule has 0 aliphatic heterocycles. The highest BCUT2D eigenvalue weighted by Gasteiger charge is 2.28. The first-order valence-electron chi connectivity index (χ1n) is 8.87. The highest BCUT2D eigenvalue weighted by Crippen LogP contribution is 2.29. The smallest absolute Gasteiger partial charge is 0.324 e. The molecule has 1 aromatic carbocycles. The Morgan fingerprint density at radius 3 is 2.59 bits per heavy atom. The Labute approximate surface area is 173 Å². The molecule has 0 spiro atoms. The Morgan fingerprint density at radius 1 is 1.17 bits per heavy atom. The fourth-order valence-corrected chi connectivity index (χ4v) is 5.12. The number of aromatic nitrogens is 1. The van der Waals surface area contributed by atoms with Gasteiger partial charge in [0.05, 0.1) is 17.2 Å². The molecule has 152 valence electrons. The van der Waals surface area contributed by atoms with Gasteiger partial charge in [-0.1, -0.05) is 18.2 Å². The van der Waals surface area contributed by atoms with E-state index in [1.165, 1.54) is 18.2 Å². The number of thiophene rings is 1. The van der Waals surface area contributed by atoms with Crippen LogP contribution in [0.5, 0.6) is 5.75 Å². The fourth-order valence-electron chi connectivity index (χ4n) is 2.64. The number of rotatable bonds is 8. The van der Waals surface area contributed by atoms with Crippen LogP contribution in [-0.2, 0) is 26.0 Å². The summed E-state index contributed by atoms with van der Waals surface area (Å²) in [6.07, 6.45) is 1.73. The van der Waals surface area contributed by atoms with Gasteiger partial charge in [0.2, 0.25) is 0 Å². The maximum Gasteiger partial charge on any atom is 0.324 e. The number of carbonyl (C=O) groups excluding carboxylic acids is 1. The predicted molar refractivity (Wildman–Crippen MR) is 110 cm³/mol. The Bertz CT molecular complexity index is 1060. The van der Waals surface area contributed by atoms with Gasteiger partial charge in [0.25, 0.3) is 10.0 Å². The lowest BCUT2D eigenvalue weighted by Crippen LogP contribution is -2.43. The Hall–Kier alpha value is -2.75. The highest BCUT2D eigenvalue weighted by atomic mass is 32.2. The molecule has 0 aliphatic carbocycles. The van der Waals surface area contributed by atoms with Crippen LogP contribution in [0.3, 0.4) is 0 Å². The third kappa shape index (κ3) is 5.41. The van der Waals surface area contributed by atoms with Gasteiger partial charge < -0.3 is 9.84 Å². The summed E-state index contributed by atoms with van der Waals surface area (Å²) in [6, 6.07) is 13.7. The van der Waals surface area contributed by atoms with Crippen LogP contribution in [0.15, 0.2) is 65.0 Å². The van der Waals surface area contributed by atoms with Crippen molar-refractivity contribution in [2.75, 3.05) is 6.61 Å². The zero-order chi connectivity index (χ0) is 20.9. The molecule has 0 saturated carbocycles. The number of phenols is 1. The van der Waals surface area contributed by atoms with Gasteiger partial charge in [0.15, 0.2) is 0 Å². The van der Waals surface area contributed by atoms with Crippen molar-refractivity contribution in [2.24, 2.45) is 0 Å². The first kappa shape index (κ1) is 21.0. The average Bonchev–Trinajstić information content (AvgIpc) is 3.21. The third-order valence-corrected chi connectivity index (χ3v) is 7.08. The quantitative estimate of drug-likeness (QED) is 0.530. The van der Waals surface area contributed by atoms with Crippen molar-refractivity contribution >= 4 is 27.3 Å². The monoisotopic (exact) mass is 432 g/mol. The summed E-state index contributed by atoms with van der Waals surface area (Å²) in [5, 5.41) is 9.41. The van der Waals surface area contributed by atoms with E-state index >= 15 is 0 Å². The molecule has 0 amide bonds. The minimum Gasteiger partial charge on any atom is -0.508 e. The predicted octanol–water partition coefficient (Wildman–Crippen LogP) is 2.97. The number of aromatic hydroxyl groups is 1. The summed E-state index contributed by atoms with van der Waals surface area (Å²) in [4.78, 5) is 17.3. The largest absolute Gasteiger partial charge is 0.508 e. The number of pyridine rings is 1. The van der Waals surface area contributed by atoms with Crippen LogP contribution in [0.2, 0.25) is 0 Å². The topological polar surface area (TPSA) is 106 Å². The Kier molecular flexibility index (Phi) is 6.63. The number of hydrogen-bond acceptors (Lipinski definition) is 7. The molecule has 3 rings (SSSR count). The van der Waals surface area contributed by atoms with E-state index in [2.05, 4.69) is 9.71 Å². The van der Waals surface area contributed by atoms with E-state index in [0.29, 0.717) is 16.1 Å². The van der Waals surface area contributed by atoms with Crippen LogP contribution >= 0.6 is 11.3 Å². The number of phenolic OH excluding ortho intramolecular Hbond substituents is 1. The number of ether oxygens (including phenoxy) is 1. The van der Waals surface area contributed by atoms with E-state index in [4.69, 9.17) is 4.74 Å². The van der Waals surface area contributed by atoms with Gasteiger partial charge in [-0.05, 0) is 55.3 Å². The SMILES string of the molecule is CCOC(=O)C(Cc1ccc(O)cc1)NS(=O)(=O)c1ccc(-c2ccccn2)s1. The maximum atomic E-state index is 12.9. The molecule has 7 nitrogen and oxygen atoms in total. The summed E-state index contributed by atoms with van der Waals surface area (Å²) < 4.78 is 33.3. The minimum atomic E-state index is -3.95. The van der Waals surface area contributed by atoms with Gasteiger partial charge in [-0.25, -0.2) is 8.42 Å². The summed E-state index contributed by atoms with van der Waals surface area (Å²) in [6.45, 7) is 1.79. The fraction of sp³-hybridized carbons (Fsp3) is 0.200. The van der Waals surface area contributed by atoms with E-state index in [9.17, 15) is 18.3 Å². The molecule has 29 heavy (non-hydrogen) atoms. The highest BCUT2D eigenvalue weighted by molar-refractivity contribution is 7.91. The van der Waals surface area contributed by atoms with Crippen molar-refractivity contribution in [3.8, 4) is 16.3 Å². The minimum absolute atomic E-state index is 0.0816. The molecular formula is C20H20N2O5S2. The van der Waals surface area contributed by atoms with Crippen LogP contribution in [0.4, 0.5) is 0 Å². The summed E-state index contributed by atoms with van der Waals surface area (Å²) in [5.41, 5.74) is 1.36. The van der Waals surface area contributed by atoms with E-state index in [1.807, 2.05) is 6.07 Å². The molecule has 9 heteroatoms. The van der Waals surface area contributed by atoms with Gasteiger partial charge >= 0.3 is 5.97 Å². The Morgan fingerprint density at radius 2 is 1.93 bits per heavy atom. The molecular weight excluding hydrogens is 412 g/mol. The van der Waals surface area contributed by atoms with Crippen molar-refractivity contribution in [1.82, 2.24) is 9.71 Å². The van der Waals surface area contributed by atoms with E-state index in [0.717, 1.165) is 11.3 Å². The van der Waals surface area contributed by atoms with Crippen LogP contribution in [0.25, 0.3) is 10.6 Å². The molecule has 0 aliphatic rings. The number of hydrogen-bond donors (Lipinski definition) is 2. The van der Waals surface area contributed by atoms with Crippen LogP contribution in [0.1, 0.15) is 12.5 Å². The van der Waals surface area contributed by atoms with Gasteiger partial charge in [0, 0.05) is 6.20 Å². The molecule has 0 fully saturated rings. The third-order valence-electron chi connectivity index (χ3n) is 4.01. The van der Waals surface area contributed by atoms with Crippen LogP contribution in [0, 0.1) is 0 Å². The zero-order valence-electron chi connectivity index (χ0n) is 15.6. The van der Waals surface area contributed by atoms with Crippen molar-refractivity contribution < 1.29 is 23.1 Å². The number of nitrogens with one attached hydrogen (secondary N) is 1. The average molecular weight is 433 g/mol. The molecule has 0 radical (unpaired) electrons. The second kappa shape index (κ2) is 9.17. The van der Waals surface area contributed by atoms with E-state index < -0.39 is 22.0 Å². The second-order valence-electron chi connectivity index (χ2n) is 6.13. The summed E-state index contributed by atoms with van der Waals surface area (Å²) in [7, 11) is -3.95. The maximum absolute atomic E-state index is 12.9. The molecule has 1 unspecified atom stereocenters. The Balaban J connectivity index is 1.82. The van der Waals surface area contributed by atoms with Gasteiger partial charge in [-0.2, -0.15) is 4.72 Å². The van der Waals surface area contributed by atoms with Gasteiger partial charge in [-0.3, -0.25) is 9.78 Å². The van der Waals surface area contributed by atoms with Gasteiger partial charge in [-0.15, -0.1) is 11.3 Å². The second-order valence-corrected chi connectivity index (χ2v) is 9.15. The molecule has 2 N–H and O–H groups in total. The lowest BCUT2D eigenvalue weighted by molar-refractivity contribution is -0.145. The van der Waals surface area contributed by atoms with E-state index in [-0.39, 0.29) is 23.0 Å². The van der Waals surface area contributed by atoms with Crippen molar-refractivity contribution in [3.63, 3.8) is 0 Å². The van der Waals surface area contributed by atoms with Crippen LogP contribution < -0.4 is 4.72 Å². The molecule has 3 aromatic rings. The molecule has 2 heterocycles. The van der Waals surface area contributed by atoms with Crippen molar-refractivity contribution in [2.45, 2.75) is 23.6 Å². The summed E-state index contributed by atoms with van der Waals surface area (Å²) >= 11 is 1.07. The normalized spacial score (nSPS) is 12.4. The molecule has 0 bridgehead atoms. The van der Waals surface area contributed by atoms with Crippen molar-refractivity contribution in [1.29, 1.82) is 0 Å². The molecule has 2 aromatic heterocycles. The van der Waals surface area contributed by atoms with Gasteiger partial charge in [0.1, 0.15) is 16.0 Å². The standard InChI is InChI=1S/C20H20N2O5S2/c1-2-27-20(24)17(13-14-6-8-15(23)9-7-14)22-29(25,26)19-11-10-18(28-19)16-5-3-4-12-21-16/h3-12,17,22-23H,2,13H2,1H3. The first-order valence-corrected chi connectivity index (χ1v) is 11.2. The lowest BCUT2D eigenvalue weighted by Gasteiger charge is -2.17. The number of benzene rings is 1. The van der Waals surface area contributed by atoms with Crippen molar-refractivity contribution in [3.05, 3.63) is 66.4 Å². The van der Waals surface area contributed by atoms with Crippen LogP contribution in [-0.4, -0.2) is 37.1 Å². The first-order chi connectivity index (χ1) is 13.9. The van der Waals surface area contributed by atoms with E-state index in [1.54, 1.807) is 43.5 Å². The lowest BCUT2D eigenvalue weighted by atomic mass is 10.1. The molecule has 1 atom stereocenters.